The van der Waals surface area contributed by atoms with E-state index in [9.17, 15) is 4.79 Å². The predicted octanol–water partition coefficient (Wildman–Crippen LogP) is 3.31. The Kier molecular flexibility index (Phi) is 4.99. The van der Waals surface area contributed by atoms with Crippen molar-refractivity contribution in [2.45, 2.75) is 32.7 Å². The lowest BCUT2D eigenvalue weighted by Gasteiger charge is -2.16. The maximum Gasteiger partial charge on any atom is 0.306 e. The minimum Gasteiger partial charge on any atom is -0.481 e. The molecule has 1 N–H and O–H groups in total. The highest BCUT2D eigenvalue weighted by Crippen LogP contribution is 2.23. The van der Waals surface area contributed by atoms with Gasteiger partial charge in [0, 0.05) is 11.0 Å². The first kappa shape index (κ1) is 14.5. The van der Waals surface area contributed by atoms with E-state index in [1.54, 1.807) is 6.92 Å². The lowest BCUT2D eigenvalue weighted by Crippen LogP contribution is -2.18. The summed E-state index contributed by atoms with van der Waals surface area (Å²) >= 11 is 3.61. The zero-order valence-electron chi connectivity index (χ0n) is 11.2. The molecule has 3 nitrogen and oxygen atoms in total. The summed E-state index contributed by atoms with van der Waals surface area (Å²) in [5, 5.41) is 8.94. The third-order valence-electron chi connectivity index (χ3n) is 3.67. The van der Waals surface area contributed by atoms with Gasteiger partial charge in [-0.15, -0.1) is 0 Å². The Morgan fingerprint density at radius 3 is 2.68 bits per heavy atom. The first-order chi connectivity index (χ1) is 9.06. The average molecular weight is 326 g/mol. The molecule has 19 heavy (non-hydrogen) atoms. The lowest BCUT2D eigenvalue weighted by atomic mass is 10.0. The van der Waals surface area contributed by atoms with Gasteiger partial charge in [0.15, 0.2) is 0 Å². The van der Waals surface area contributed by atoms with Crippen molar-refractivity contribution in [2.24, 2.45) is 5.92 Å². The maximum absolute atomic E-state index is 10.9. The quantitative estimate of drug-likeness (QED) is 0.902. The number of benzene rings is 1. The predicted molar refractivity (Wildman–Crippen MR) is 79.2 cm³/mol. The summed E-state index contributed by atoms with van der Waals surface area (Å²) in [4.78, 5) is 13.3. The van der Waals surface area contributed by atoms with E-state index in [1.807, 2.05) is 0 Å². The highest BCUT2D eigenvalue weighted by Gasteiger charge is 2.15. The van der Waals surface area contributed by atoms with Gasteiger partial charge in [-0.25, -0.2) is 0 Å². The number of carboxylic acids is 1. The van der Waals surface area contributed by atoms with Crippen LogP contribution in [-0.2, 0) is 17.8 Å². The minimum atomic E-state index is -0.739. The van der Waals surface area contributed by atoms with Crippen LogP contribution in [0.2, 0.25) is 0 Å². The summed E-state index contributed by atoms with van der Waals surface area (Å²) in [6.45, 7) is 5.10. The highest BCUT2D eigenvalue weighted by molar-refractivity contribution is 9.10. The van der Waals surface area contributed by atoms with Gasteiger partial charge in [-0.1, -0.05) is 35.0 Å². The van der Waals surface area contributed by atoms with E-state index in [4.69, 9.17) is 5.11 Å². The van der Waals surface area contributed by atoms with Crippen molar-refractivity contribution >= 4 is 21.9 Å². The SMILES string of the molecule is CC(Cc1ccc(CN2CCCC2)c(Br)c1)C(=O)O. The third kappa shape index (κ3) is 4.05. The van der Waals surface area contributed by atoms with Crippen LogP contribution in [-0.4, -0.2) is 29.1 Å². The fourth-order valence-electron chi connectivity index (χ4n) is 2.47. The highest BCUT2D eigenvalue weighted by atomic mass is 79.9. The molecule has 1 aliphatic heterocycles. The molecule has 1 atom stereocenters. The van der Waals surface area contributed by atoms with Gasteiger partial charge in [0.05, 0.1) is 5.92 Å². The molecule has 1 fully saturated rings. The number of aliphatic carboxylic acids is 1. The number of rotatable bonds is 5. The van der Waals surface area contributed by atoms with Crippen LogP contribution < -0.4 is 0 Å². The number of hydrogen-bond acceptors (Lipinski definition) is 2. The molecular formula is C15H20BrNO2. The Morgan fingerprint density at radius 1 is 1.42 bits per heavy atom. The normalized spacial score (nSPS) is 17.6. The van der Waals surface area contributed by atoms with Gasteiger partial charge in [0.2, 0.25) is 0 Å². The molecule has 1 aliphatic rings. The number of halogens is 1. The van der Waals surface area contributed by atoms with Gasteiger partial charge >= 0.3 is 5.97 Å². The van der Waals surface area contributed by atoms with Crippen molar-refractivity contribution in [3.8, 4) is 0 Å². The van der Waals surface area contributed by atoms with Crippen LogP contribution in [0, 0.1) is 5.92 Å². The Labute approximate surface area is 122 Å². The summed E-state index contributed by atoms with van der Waals surface area (Å²) in [6, 6.07) is 6.23. The molecule has 0 saturated carbocycles. The Balaban J connectivity index is 2.01. The summed E-state index contributed by atoms with van der Waals surface area (Å²) in [5.74, 6) is -1.08. The first-order valence-corrected chi connectivity index (χ1v) is 7.58. The summed E-state index contributed by atoms with van der Waals surface area (Å²) in [6.07, 6.45) is 3.18. The van der Waals surface area contributed by atoms with Crippen LogP contribution in [0.4, 0.5) is 0 Å². The number of hydrogen-bond donors (Lipinski definition) is 1. The minimum absolute atomic E-state index is 0.337. The van der Waals surface area contributed by atoms with Crippen molar-refractivity contribution in [1.82, 2.24) is 4.90 Å². The lowest BCUT2D eigenvalue weighted by molar-refractivity contribution is -0.141. The van der Waals surface area contributed by atoms with Crippen molar-refractivity contribution in [3.63, 3.8) is 0 Å². The molecule has 1 saturated heterocycles. The fraction of sp³-hybridized carbons (Fsp3) is 0.533. The van der Waals surface area contributed by atoms with Gasteiger partial charge in [-0.05, 0) is 49.5 Å². The molecule has 0 bridgehead atoms. The van der Waals surface area contributed by atoms with Crippen molar-refractivity contribution in [3.05, 3.63) is 33.8 Å². The topological polar surface area (TPSA) is 40.5 Å². The molecule has 4 heteroatoms. The molecule has 2 rings (SSSR count). The van der Waals surface area contributed by atoms with E-state index >= 15 is 0 Å². The largest absolute Gasteiger partial charge is 0.481 e. The van der Waals surface area contributed by atoms with E-state index in [0.29, 0.717) is 6.42 Å². The van der Waals surface area contributed by atoms with E-state index in [1.165, 1.54) is 31.5 Å². The smallest absolute Gasteiger partial charge is 0.306 e. The van der Waals surface area contributed by atoms with Crippen LogP contribution in [0.15, 0.2) is 22.7 Å². The maximum atomic E-state index is 10.9. The van der Waals surface area contributed by atoms with Crippen molar-refractivity contribution in [1.29, 1.82) is 0 Å². The molecule has 1 aromatic carbocycles. The summed E-state index contributed by atoms with van der Waals surface area (Å²) in [5.41, 5.74) is 2.36. The van der Waals surface area contributed by atoms with Gasteiger partial charge in [-0.3, -0.25) is 9.69 Å². The number of likely N-dealkylation sites (tertiary alicyclic amines) is 1. The zero-order chi connectivity index (χ0) is 13.8. The van der Waals surface area contributed by atoms with E-state index in [0.717, 1.165) is 16.6 Å². The second-order valence-corrected chi connectivity index (χ2v) is 6.21. The zero-order valence-corrected chi connectivity index (χ0v) is 12.8. The molecule has 0 aromatic heterocycles. The van der Waals surface area contributed by atoms with Gasteiger partial charge in [-0.2, -0.15) is 0 Å². The van der Waals surface area contributed by atoms with Gasteiger partial charge < -0.3 is 5.11 Å². The van der Waals surface area contributed by atoms with E-state index < -0.39 is 5.97 Å². The summed E-state index contributed by atoms with van der Waals surface area (Å²) in [7, 11) is 0. The fourth-order valence-corrected chi connectivity index (χ4v) is 3.02. The van der Waals surface area contributed by atoms with Crippen LogP contribution in [0.5, 0.6) is 0 Å². The monoisotopic (exact) mass is 325 g/mol. The molecule has 0 radical (unpaired) electrons. The van der Waals surface area contributed by atoms with E-state index in [2.05, 4.69) is 39.0 Å². The van der Waals surface area contributed by atoms with Gasteiger partial charge in [0.1, 0.15) is 0 Å². The third-order valence-corrected chi connectivity index (χ3v) is 4.41. The molecule has 1 aromatic rings. The van der Waals surface area contributed by atoms with Gasteiger partial charge in [0.25, 0.3) is 0 Å². The Hall–Kier alpha value is -0.870. The molecule has 104 valence electrons. The average Bonchev–Trinajstić information content (AvgIpc) is 2.85. The van der Waals surface area contributed by atoms with Crippen molar-refractivity contribution < 1.29 is 9.90 Å². The molecule has 0 aliphatic carbocycles. The molecule has 1 unspecified atom stereocenters. The Morgan fingerprint density at radius 2 is 2.11 bits per heavy atom. The summed E-state index contributed by atoms with van der Waals surface area (Å²) < 4.78 is 1.09. The molecule has 0 spiro atoms. The first-order valence-electron chi connectivity index (χ1n) is 6.78. The number of carbonyl (C=O) groups is 1. The second-order valence-electron chi connectivity index (χ2n) is 5.35. The molecular weight excluding hydrogens is 306 g/mol. The Bertz CT molecular complexity index is 455. The second kappa shape index (κ2) is 6.53. The van der Waals surface area contributed by atoms with Crippen LogP contribution in [0.3, 0.4) is 0 Å². The standard InChI is InChI=1S/C15H20BrNO2/c1-11(15(18)19)8-12-4-5-13(14(16)9-12)10-17-6-2-3-7-17/h4-5,9,11H,2-3,6-8,10H2,1H3,(H,18,19). The van der Waals surface area contributed by atoms with Crippen LogP contribution >= 0.6 is 15.9 Å². The molecule has 1 heterocycles. The van der Waals surface area contributed by atoms with Crippen LogP contribution in [0.25, 0.3) is 0 Å². The molecule has 0 amide bonds. The number of nitrogens with zero attached hydrogens (tertiary/aromatic N) is 1. The number of carboxylic acid groups (broad SMARTS) is 1. The van der Waals surface area contributed by atoms with Crippen molar-refractivity contribution in [2.75, 3.05) is 13.1 Å². The van der Waals surface area contributed by atoms with E-state index in [-0.39, 0.29) is 5.92 Å². The van der Waals surface area contributed by atoms with Crippen LogP contribution in [0.1, 0.15) is 30.9 Å².